The van der Waals surface area contributed by atoms with E-state index >= 15 is 0 Å². The van der Waals surface area contributed by atoms with Gasteiger partial charge in [0, 0.05) is 17.3 Å². The van der Waals surface area contributed by atoms with Crippen molar-refractivity contribution in [2.45, 2.75) is 13.8 Å². The Bertz CT molecular complexity index is 641. The standard InChI is InChI=1S/C13H13Cl2N3O2/c1-7-8(2)17-18-13(7)16-12(19)6-20-9-3-4-10(14)11(15)5-9/h3-5H,6H2,1-2H3,(H2,16,17,18,19). The lowest BCUT2D eigenvalue weighted by molar-refractivity contribution is -0.118. The van der Waals surface area contributed by atoms with Crippen LogP contribution in [-0.2, 0) is 4.79 Å². The van der Waals surface area contributed by atoms with E-state index < -0.39 is 0 Å². The SMILES string of the molecule is Cc1[nH]nc(NC(=O)COc2ccc(Cl)c(Cl)c2)c1C. The lowest BCUT2D eigenvalue weighted by Crippen LogP contribution is -2.20. The van der Waals surface area contributed by atoms with Gasteiger partial charge in [-0.25, -0.2) is 0 Å². The minimum Gasteiger partial charge on any atom is -0.484 e. The number of nitrogens with one attached hydrogen (secondary N) is 2. The summed E-state index contributed by atoms with van der Waals surface area (Å²) in [7, 11) is 0. The summed E-state index contributed by atoms with van der Waals surface area (Å²) in [6, 6.07) is 4.81. The number of rotatable bonds is 4. The number of anilines is 1. The van der Waals surface area contributed by atoms with Crippen molar-refractivity contribution in [2.24, 2.45) is 0 Å². The van der Waals surface area contributed by atoms with E-state index in [4.69, 9.17) is 27.9 Å². The Hall–Kier alpha value is -1.72. The average molecular weight is 314 g/mol. The quantitative estimate of drug-likeness (QED) is 0.909. The third-order valence-corrected chi connectivity index (χ3v) is 3.51. The number of carbonyl (C=O) groups excluding carboxylic acids is 1. The zero-order valence-corrected chi connectivity index (χ0v) is 12.5. The molecule has 2 aromatic rings. The maximum absolute atomic E-state index is 11.8. The fourth-order valence-electron chi connectivity index (χ4n) is 1.49. The summed E-state index contributed by atoms with van der Waals surface area (Å²) >= 11 is 11.6. The van der Waals surface area contributed by atoms with Crippen LogP contribution in [0.25, 0.3) is 0 Å². The lowest BCUT2D eigenvalue weighted by atomic mass is 10.3. The van der Waals surface area contributed by atoms with Gasteiger partial charge in [-0.3, -0.25) is 9.89 Å². The molecule has 5 nitrogen and oxygen atoms in total. The van der Waals surface area contributed by atoms with Gasteiger partial charge in [-0.2, -0.15) is 5.10 Å². The summed E-state index contributed by atoms with van der Waals surface area (Å²) in [4.78, 5) is 11.8. The summed E-state index contributed by atoms with van der Waals surface area (Å²) < 4.78 is 5.33. The highest BCUT2D eigenvalue weighted by atomic mass is 35.5. The molecule has 7 heteroatoms. The van der Waals surface area contributed by atoms with Crippen LogP contribution < -0.4 is 10.1 Å². The Morgan fingerprint density at radius 1 is 1.35 bits per heavy atom. The predicted molar refractivity (Wildman–Crippen MR) is 78.6 cm³/mol. The number of hydrogen-bond donors (Lipinski definition) is 2. The normalized spacial score (nSPS) is 10.4. The van der Waals surface area contributed by atoms with Gasteiger partial charge in [0.15, 0.2) is 12.4 Å². The number of halogens is 2. The van der Waals surface area contributed by atoms with Gasteiger partial charge in [-0.05, 0) is 26.0 Å². The van der Waals surface area contributed by atoms with Crippen LogP contribution in [0.5, 0.6) is 5.75 Å². The first-order chi connectivity index (χ1) is 9.47. The first-order valence-corrected chi connectivity index (χ1v) is 6.62. The predicted octanol–water partition coefficient (Wildman–Crippen LogP) is 3.35. The third-order valence-electron chi connectivity index (χ3n) is 2.77. The summed E-state index contributed by atoms with van der Waals surface area (Å²) in [6.07, 6.45) is 0. The largest absolute Gasteiger partial charge is 0.484 e. The molecule has 0 saturated heterocycles. The minimum atomic E-state index is -0.300. The van der Waals surface area contributed by atoms with Gasteiger partial charge in [0.25, 0.3) is 5.91 Å². The number of hydrogen-bond acceptors (Lipinski definition) is 3. The second-order valence-corrected chi connectivity index (χ2v) is 5.05. The molecule has 2 N–H and O–H groups in total. The van der Waals surface area contributed by atoms with Crippen LogP contribution in [0.2, 0.25) is 10.0 Å². The fourth-order valence-corrected chi connectivity index (χ4v) is 1.78. The summed E-state index contributed by atoms with van der Waals surface area (Å²) in [6.45, 7) is 3.61. The smallest absolute Gasteiger partial charge is 0.263 e. The molecule has 0 aliphatic rings. The van der Waals surface area contributed by atoms with Crippen molar-refractivity contribution in [1.82, 2.24) is 10.2 Å². The van der Waals surface area contributed by atoms with Gasteiger partial charge in [-0.15, -0.1) is 0 Å². The van der Waals surface area contributed by atoms with Crippen molar-refractivity contribution in [3.05, 3.63) is 39.5 Å². The van der Waals surface area contributed by atoms with E-state index in [1.54, 1.807) is 18.2 Å². The molecule has 1 amide bonds. The lowest BCUT2D eigenvalue weighted by Gasteiger charge is -2.07. The number of aryl methyl sites for hydroxylation is 1. The van der Waals surface area contributed by atoms with Crippen LogP contribution in [0.15, 0.2) is 18.2 Å². The number of amides is 1. The van der Waals surface area contributed by atoms with Crippen LogP contribution in [0, 0.1) is 13.8 Å². The topological polar surface area (TPSA) is 67.0 Å². The molecular formula is C13H13Cl2N3O2. The highest BCUT2D eigenvalue weighted by molar-refractivity contribution is 6.42. The molecule has 1 aromatic heterocycles. The zero-order chi connectivity index (χ0) is 14.7. The van der Waals surface area contributed by atoms with Crippen molar-refractivity contribution in [3.8, 4) is 5.75 Å². The highest BCUT2D eigenvalue weighted by Gasteiger charge is 2.10. The van der Waals surface area contributed by atoms with E-state index in [9.17, 15) is 4.79 Å². The fraction of sp³-hybridized carbons (Fsp3) is 0.231. The number of benzene rings is 1. The molecular weight excluding hydrogens is 301 g/mol. The van der Waals surface area contributed by atoms with Gasteiger partial charge in [0.05, 0.1) is 10.0 Å². The number of carbonyl (C=O) groups is 1. The molecule has 0 spiro atoms. The zero-order valence-electron chi connectivity index (χ0n) is 11.0. The Morgan fingerprint density at radius 2 is 2.10 bits per heavy atom. The molecule has 0 atom stereocenters. The third kappa shape index (κ3) is 3.43. The van der Waals surface area contributed by atoms with Crippen LogP contribution in [0.4, 0.5) is 5.82 Å². The van der Waals surface area contributed by atoms with Crippen molar-refractivity contribution < 1.29 is 9.53 Å². The molecule has 106 valence electrons. The van der Waals surface area contributed by atoms with Crippen molar-refractivity contribution in [1.29, 1.82) is 0 Å². The van der Waals surface area contributed by atoms with Gasteiger partial charge in [-0.1, -0.05) is 23.2 Å². The first-order valence-electron chi connectivity index (χ1n) is 5.86. The van der Waals surface area contributed by atoms with Crippen molar-refractivity contribution in [3.63, 3.8) is 0 Å². The second-order valence-electron chi connectivity index (χ2n) is 4.23. The van der Waals surface area contributed by atoms with Crippen molar-refractivity contribution >= 4 is 34.9 Å². The molecule has 0 radical (unpaired) electrons. The molecule has 0 aliphatic heterocycles. The van der Waals surface area contributed by atoms with E-state index in [2.05, 4.69) is 15.5 Å². The van der Waals surface area contributed by atoms with Crippen LogP contribution in [0.3, 0.4) is 0 Å². The van der Waals surface area contributed by atoms with E-state index in [0.717, 1.165) is 11.3 Å². The molecule has 0 bridgehead atoms. The number of nitrogens with zero attached hydrogens (tertiary/aromatic N) is 1. The van der Waals surface area contributed by atoms with E-state index in [1.165, 1.54) is 0 Å². The Balaban J connectivity index is 1.92. The Labute approximate surface area is 126 Å². The van der Waals surface area contributed by atoms with E-state index in [0.29, 0.717) is 21.6 Å². The highest BCUT2D eigenvalue weighted by Crippen LogP contribution is 2.26. The average Bonchev–Trinajstić information content (AvgIpc) is 2.72. The van der Waals surface area contributed by atoms with Gasteiger partial charge in [0.1, 0.15) is 5.75 Å². The second kappa shape index (κ2) is 6.15. The maximum Gasteiger partial charge on any atom is 0.263 e. The summed E-state index contributed by atoms with van der Waals surface area (Å²) in [5.74, 6) is 0.681. The first kappa shape index (κ1) is 14.7. The molecule has 20 heavy (non-hydrogen) atoms. The number of ether oxygens (including phenoxy) is 1. The van der Waals surface area contributed by atoms with E-state index in [1.807, 2.05) is 13.8 Å². The molecule has 0 unspecified atom stereocenters. The van der Waals surface area contributed by atoms with Gasteiger partial charge < -0.3 is 10.1 Å². The maximum atomic E-state index is 11.8. The molecule has 0 saturated carbocycles. The summed E-state index contributed by atoms with van der Waals surface area (Å²) in [5.41, 5.74) is 1.80. The van der Waals surface area contributed by atoms with Crippen molar-refractivity contribution in [2.75, 3.05) is 11.9 Å². The van der Waals surface area contributed by atoms with Crippen LogP contribution >= 0.6 is 23.2 Å². The number of aromatic nitrogens is 2. The number of aromatic amines is 1. The van der Waals surface area contributed by atoms with Gasteiger partial charge in [0.2, 0.25) is 0 Å². The van der Waals surface area contributed by atoms with Gasteiger partial charge >= 0.3 is 0 Å². The summed E-state index contributed by atoms with van der Waals surface area (Å²) in [5, 5.41) is 10.3. The molecule has 1 heterocycles. The molecule has 2 rings (SSSR count). The van der Waals surface area contributed by atoms with Crippen LogP contribution in [-0.4, -0.2) is 22.7 Å². The van der Waals surface area contributed by atoms with Crippen LogP contribution in [0.1, 0.15) is 11.3 Å². The minimum absolute atomic E-state index is 0.136. The molecule has 0 fully saturated rings. The Kier molecular flexibility index (Phi) is 4.52. The van der Waals surface area contributed by atoms with E-state index in [-0.39, 0.29) is 12.5 Å². The molecule has 0 aliphatic carbocycles. The monoisotopic (exact) mass is 313 g/mol. The molecule has 1 aromatic carbocycles. The number of H-pyrrole nitrogens is 1. The Morgan fingerprint density at radius 3 is 2.70 bits per heavy atom.